The number of carbonyl (C=O) groups excluding carboxylic acids is 1. The van der Waals surface area contributed by atoms with Crippen LogP contribution >= 0.6 is 12.4 Å². The highest BCUT2D eigenvalue weighted by molar-refractivity contribution is 5.85. The standard InChI is InChI=1S/C15H26N4O.ClH/c1-9(2)14(16)15(20)19-8-6-7-12(19)13-10(3)17-18(5)11(13)4;/h9,12,14H,6-8,16H2,1-5H3;1H/t12?,14-;/m0./s1. The topological polar surface area (TPSA) is 64.2 Å². The molecule has 1 saturated heterocycles. The molecule has 120 valence electrons. The predicted molar refractivity (Wildman–Crippen MR) is 86.4 cm³/mol. The van der Waals surface area contributed by atoms with Crippen molar-refractivity contribution in [1.82, 2.24) is 14.7 Å². The zero-order valence-electron chi connectivity index (χ0n) is 13.6. The van der Waals surface area contributed by atoms with E-state index >= 15 is 0 Å². The Bertz CT molecular complexity index is 512. The fourth-order valence-electron chi connectivity index (χ4n) is 3.08. The van der Waals surface area contributed by atoms with E-state index in [0.717, 1.165) is 30.8 Å². The highest BCUT2D eigenvalue weighted by atomic mass is 35.5. The highest BCUT2D eigenvalue weighted by Crippen LogP contribution is 2.35. The van der Waals surface area contributed by atoms with Gasteiger partial charge in [-0.1, -0.05) is 13.8 Å². The van der Waals surface area contributed by atoms with Crippen molar-refractivity contribution >= 4 is 18.3 Å². The fraction of sp³-hybridized carbons (Fsp3) is 0.733. The van der Waals surface area contributed by atoms with Gasteiger partial charge in [-0.05, 0) is 32.6 Å². The van der Waals surface area contributed by atoms with Gasteiger partial charge in [-0.3, -0.25) is 9.48 Å². The van der Waals surface area contributed by atoms with Crippen LogP contribution in [0.3, 0.4) is 0 Å². The minimum absolute atomic E-state index is 0. The van der Waals surface area contributed by atoms with Crippen LogP contribution in [0, 0.1) is 19.8 Å². The molecule has 1 aliphatic heterocycles. The zero-order valence-corrected chi connectivity index (χ0v) is 14.4. The average molecular weight is 315 g/mol. The first kappa shape index (κ1) is 18.0. The Hall–Kier alpha value is -1.07. The van der Waals surface area contributed by atoms with Gasteiger partial charge in [-0.2, -0.15) is 5.10 Å². The number of aryl methyl sites for hydroxylation is 2. The van der Waals surface area contributed by atoms with E-state index in [2.05, 4.69) is 12.0 Å². The summed E-state index contributed by atoms with van der Waals surface area (Å²) in [5.74, 6) is 0.241. The molecule has 2 atom stereocenters. The van der Waals surface area contributed by atoms with Crippen molar-refractivity contribution in [1.29, 1.82) is 0 Å². The number of nitrogens with zero attached hydrogens (tertiary/aromatic N) is 3. The van der Waals surface area contributed by atoms with Crippen molar-refractivity contribution < 1.29 is 4.79 Å². The zero-order chi connectivity index (χ0) is 15.0. The third-order valence-electron chi connectivity index (χ3n) is 4.44. The summed E-state index contributed by atoms with van der Waals surface area (Å²) in [6.07, 6.45) is 2.04. The molecule has 2 rings (SSSR count). The molecule has 0 radical (unpaired) electrons. The van der Waals surface area contributed by atoms with Crippen LogP contribution in [0.4, 0.5) is 0 Å². The molecule has 0 aliphatic carbocycles. The predicted octanol–water partition coefficient (Wildman–Crippen LogP) is 2.11. The molecule has 6 heteroatoms. The molecule has 21 heavy (non-hydrogen) atoms. The third kappa shape index (κ3) is 3.24. The van der Waals surface area contributed by atoms with Gasteiger partial charge in [-0.25, -0.2) is 0 Å². The van der Waals surface area contributed by atoms with Gasteiger partial charge in [-0.15, -0.1) is 12.4 Å². The Balaban J connectivity index is 0.00000220. The smallest absolute Gasteiger partial charge is 0.240 e. The maximum atomic E-state index is 12.6. The lowest BCUT2D eigenvalue weighted by atomic mass is 10.00. The van der Waals surface area contributed by atoms with Crippen LogP contribution in [0.25, 0.3) is 0 Å². The lowest BCUT2D eigenvalue weighted by Crippen LogP contribution is -2.46. The summed E-state index contributed by atoms with van der Waals surface area (Å²) in [6, 6.07) is -0.270. The summed E-state index contributed by atoms with van der Waals surface area (Å²) >= 11 is 0. The Morgan fingerprint density at radius 3 is 2.48 bits per heavy atom. The minimum Gasteiger partial charge on any atom is -0.334 e. The van der Waals surface area contributed by atoms with Gasteiger partial charge in [0.25, 0.3) is 0 Å². The van der Waals surface area contributed by atoms with E-state index in [9.17, 15) is 4.79 Å². The van der Waals surface area contributed by atoms with Crippen molar-refractivity contribution in [2.75, 3.05) is 6.54 Å². The van der Waals surface area contributed by atoms with Crippen LogP contribution in [-0.2, 0) is 11.8 Å². The van der Waals surface area contributed by atoms with Crippen molar-refractivity contribution in [2.45, 2.75) is 52.6 Å². The maximum Gasteiger partial charge on any atom is 0.240 e. The van der Waals surface area contributed by atoms with Crippen LogP contribution in [0.2, 0.25) is 0 Å². The summed E-state index contributed by atoms with van der Waals surface area (Å²) in [4.78, 5) is 14.5. The number of rotatable bonds is 3. The summed E-state index contributed by atoms with van der Waals surface area (Å²) in [5.41, 5.74) is 9.42. The first-order valence-corrected chi connectivity index (χ1v) is 7.40. The van der Waals surface area contributed by atoms with Gasteiger partial charge in [0.15, 0.2) is 0 Å². The molecule has 0 spiro atoms. The summed E-state index contributed by atoms with van der Waals surface area (Å²) in [6.45, 7) is 8.88. The van der Waals surface area contributed by atoms with E-state index in [1.54, 1.807) is 0 Å². The van der Waals surface area contributed by atoms with Gasteiger partial charge >= 0.3 is 0 Å². The molecular weight excluding hydrogens is 288 g/mol. The molecule has 0 bridgehead atoms. The SMILES string of the molecule is Cc1nn(C)c(C)c1C1CCCN1C(=O)[C@@H](N)C(C)C.Cl. The van der Waals surface area contributed by atoms with E-state index in [-0.39, 0.29) is 30.3 Å². The first-order valence-electron chi connectivity index (χ1n) is 7.40. The van der Waals surface area contributed by atoms with Crippen molar-refractivity contribution in [3.63, 3.8) is 0 Å². The largest absolute Gasteiger partial charge is 0.334 e. The fourth-order valence-corrected chi connectivity index (χ4v) is 3.08. The molecule has 1 aromatic heterocycles. The van der Waals surface area contributed by atoms with Gasteiger partial charge < -0.3 is 10.6 Å². The Labute approximate surface area is 133 Å². The second-order valence-electron chi connectivity index (χ2n) is 6.17. The van der Waals surface area contributed by atoms with Crippen LogP contribution in [0.5, 0.6) is 0 Å². The van der Waals surface area contributed by atoms with Crippen LogP contribution in [-0.4, -0.2) is 33.2 Å². The molecular formula is C15H27ClN4O. The molecule has 2 N–H and O–H groups in total. The van der Waals surface area contributed by atoms with Crippen molar-refractivity contribution in [2.24, 2.45) is 18.7 Å². The van der Waals surface area contributed by atoms with E-state index in [1.165, 1.54) is 5.56 Å². The lowest BCUT2D eigenvalue weighted by molar-refractivity contribution is -0.134. The number of likely N-dealkylation sites (tertiary alicyclic amines) is 1. The molecule has 1 unspecified atom stereocenters. The van der Waals surface area contributed by atoms with E-state index in [4.69, 9.17) is 5.73 Å². The van der Waals surface area contributed by atoms with Gasteiger partial charge in [0.2, 0.25) is 5.91 Å². The number of hydrogen-bond donors (Lipinski definition) is 1. The molecule has 1 aromatic rings. The Morgan fingerprint density at radius 1 is 1.38 bits per heavy atom. The quantitative estimate of drug-likeness (QED) is 0.929. The van der Waals surface area contributed by atoms with Crippen LogP contribution in [0.1, 0.15) is 49.7 Å². The van der Waals surface area contributed by atoms with Crippen molar-refractivity contribution in [3.05, 3.63) is 17.0 Å². The van der Waals surface area contributed by atoms with Gasteiger partial charge in [0.05, 0.1) is 17.8 Å². The Morgan fingerprint density at radius 2 is 2.00 bits per heavy atom. The number of amides is 1. The second kappa shape index (κ2) is 6.79. The number of halogens is 1. The first-order chi connectivity index (χ1) is 9.34. The Kier molecular flexibility index (Phi) is 5.82. The molecule has 1 aliphatic rings. The highest BCUT2D eigenvalue weighted by Gasteiger charge is 2.36. The monoisotopic (exact) mass is 314 g/mol. The molecule has 0 saturated carbocycles. The third-order valence-corrected chi connectivity index (χ3v) is 4.44. The second-order valence-corrected chi connectivity index (χ2v) is 6.17. The van der Waals surface area contributed by atoms with E-state index in [1.807, 2.05) is 37.4 Å². The maximum absolute atomic E-state index is 12.6. The minimum atomic E-state index is -0.409. The molecule has 1 fully saturated rings. The number of aromatic nitrogens is 2. The molecule has 5 nitrogen and oxygen atoms in total. The van der Waals surface area contributed by atoms with Gasteiger partial charge in [0, 0.05) is 24.8 Å². The number of carbonyl (C=O) groups is 1. The van der Waals surface area contributed by atoms with E-state index in [0.29, 0.717) is 0 Å². The van der Waals surface area contributed by atoms with E-state index < -0.39 is 6.04 Å². The van der Waals surface area contributed by atoms with Gasteiger partial charge in [0.1, 0.15) is 0 Å². The number of hydrogen-bond acceptors (Lipinski definition) is 3. The molecule has 0 aromatic carbocycles. The number of nitrogens with two attached hydrogens (primary N) is 1. The van der Waals surface area contributed by atoms with Crippen LogP contribution < -0.4 is 5.73 Å². The average Bonchev–Trinajstić information content (AvgIpc) is 2.93. The summed E-state index contributed by atoms with van der Waals surface area (Å²) in [7, 11) is 1.95. The summed E-state index contributed by atoms with van der Waals surface area (Å²) < 4.78 is 1.90. The summed E-state index contributed by atoms with van der Waals surface area (Å²) in [5, 5.41) is 4.48. The molecule has 2 heterocycles. The lowest BCUT2D eigenvalue weighted by Gasteiger charge is -2.29. The molecule has 1 amide bonds. The van der Waals surface area contributed by atoms with Crippen LogP contribution in [0.15, 0.2) is 0 Å². The normalized spacial score (nSPS) is 19.8. The van der Waals surface area contributed by atoms with Crippen molar-refractivity contribution in [3.8, 4) is 0 Å².